The summed E-state index contributed by atoms with van der Waals surface area (Å²) in [5, 5.41) is 3.21. The van der Waals surface area contributed by atoms with Crippen molar-refractivity contribution in [3.05, 3.63) is 51.7 Å². The minimum absolute atomic E-state index is 0.302. The number of hydrogen-bond donors (Lipinski definition) is 2. The van der Waals surface area contributed by atoms with E-state index in [1.165, 1.54) is 4.88 Å². The maximum absolute atomic E-state index is 12.2. The van der Waals surface area contributed by atoms with E-state index in [0.717, 1.165) is 23.5 Å². The predicted molar refractivity (Wildman–Crippen MR) is 86.9 cm³/mol. The second-order valence-electron chi connectivity index (χ2n) is 4.76. The SMILES string of the molecule is CCNCc1ccc(S(=O)(=O)NCc2ccc(C)s2)cc1. The summed E-state index contributed by atoms with van der Waals surface area (Å²) in [5.74, 6) is 0. The molecule has 0 aliphatic heterocycles. The number of benzene rings is 1. The maximum Gasteiger partial charge on any atom is 0.240 e. The van der Waals surface area contributed by atoms with Crippen LogP contribution >= 0.6 is 11.3 Å². The van der Waals surface area contributed by atoms with E-state index in [4.69, 9.17) is 0 Å². The average Bonchev–Trinajstić information content (AvgIpc) is 2.89. The molecule has 0 saturated carbocycles. The van der Waals surface area contributed by atoms with Gasteiger partial charge in [-0.1, -0.05) is 19.1 Å². The van der Waals surface area contributed by atoms with Crippen molar-refractivity contribution < 1.29 is 8.42 Å². The molecule has 2 rings (SSSR count). The fraction of sp³-hybridized carbons (Fsp3) is 0.333. The van der Waals surface area contributed by atoms with Gasteiger partial charge in [0, 0.05) is 22.8 Å². The predicted octanol–water partition coefficient (Wildman–Crippen LogP) is 2.64. The molecule has 1 aromatic carbocycles. The van der Waals surface area contributed by atoms with Crippen LogP contribution in [0, 0.1) is 6.92 Å². The van der Waals surface area contributed by atoms with Gasteiger partial charge in [0.2, 0.25) is 10.0 Å². The quantitative estimate of drug-likeness (QED) is 0.823. The van der Waals surface area contributed by atoms with Crippen LogP contribution in [-0.2, 0) is 23.1 Å². The molecule has 21 heavy (non-hydrogen) atoms. The summed E-state index contributed by atoms with van der Waals surface area (Å²) in [6, 6.07) is 10.9. The normalized spacial score (nSPS) is 11.7. The van der Waals surface area contributed by atoms with Crippen LogP contribution in [0.5, 0.6) is 0 Å². The van der Waals surface area contributed by atoms with Crippen molar-refractivity contribution in [2.24, 2.45) is 0 Å². The number of hydrogen-bond acceptors (Lipinski definition) is 4. The highest BCUT2D eigenvalue weighted by Crippen LogP contribution is 2.16. The van der Waals surface area contributed by atoms with Crippen molar-refractivity contribution in [2.45, 2.75) is 31.8 Å². The van der Waals surface area contributed by atoms with E-state index < -0.39 is 10.0 Å². The third-order valence-corrected chi connectivity index (χ3v) is 5.46. The Morgan fingerprint density at radius 2 is 1.76 bits per heavy atom. The minimum atomic E-state index is -3.45. The van der Waals surface area contributed by atoms with Crippen molar-refractivity contribution in [3.63, 3.8) is 0 Å². The highest BCUT2D eigenvalue weighted by molar-refractivity contribution is 7.89. The topological polar surface area (TPSA) is 58.2 Å². The summed E-state index contributed by atoms with van der Waals surface area (Å²) >= 11 is 1.60. The summed E-state index contributed by atoms with van der Waals surface area (Å²) in [6.07, 6.45) is 0. The van der Waals surface area contributed by atoms with Crippen molar-refractivity contribution in [1.29, 1.82) is 0 Å². The number of aryl methyl sites for hydroxylation is 1. The zero-order valence-corrected chi connectivity index (χ0v) is 13.9. The standard InChI is InChI=1S/C15H20N2O2S2/c1-3-16-10-13-5-8-15(9-6-13)21(18,19)17-11-14-7-4-12(2)20-14/h4-9,16-17H,3,10-11H2,1-2H3. The van der Waals surface area contributed by atoms with Gasteiger partial charge in [-0.2, -0.15) is 0 Å². The Kier molecular flexibility index (Phi) is 5.52. The van der Waals surface area contributed by atoms with E-state index in [1.54, 1.807) is 23.5 Å². The molecule has 0 spiro atoms. The van der Waals surface area contributed by atoms with E-state index in [2.05, 4.69) is 10.0 Å². The Labute approximate surface area is 130 Å². The first kappa shape index (κ1) is 16.2. The molecule has 0 radical (unpaired) electrons. The van der Waals surface area contributed by atoms with E-state index in [1.807, 2.05) is 38.1 Å². The van der Waals surface area contributed by atoms with E-state index in [0.29, 0.717) is 11.4 Å². The van der Waals surface area contributed by atoms with Gasteiger partial charge in [-0.3, -0.25) is 0 Å². The van der Waals surface area contributed by atoms with Crippen LogP contribution in [0.25, 0.3) is 0 Å². The number of nitrogens with one attached hydrogen (secondary N) is 2. The Morgan fingerprint density at radius 1 is 1.05 bits per heavy atom. The van der Waals surface area contributed by atoms with Crippen LogP contribution in [0.4, 0.5) is 0 Å². The van der Waals surface area contributed by atoms with Crippen molar-refractivity contribution in [3.8, 4) is 0 Å². The third-order valence-electron chi connectivity index (χ3n) is 3.05. The molecular formula is C15H20N2O2S2. The molecule has 1 aromatic heterocycles. The molecule has 0 aliphatic rings. The average molecular weight is 324 g/mol. The molecule has 0 bridgehead atoms. The lowest BCUT2D eigenvalue weighted by atomic mass is 10.2. The lowest BCUT2D eigenvalue weighted by Crippen LogP contribution is -2.22. The summed E-state index contributed by atoms with van der Waals surface area (Å²) < 4.78 is 27.1. The lowest BCUT2D eigenvalue weighted by Gasteiger charge is -2.07. The molecule has 114 valence electrons. The van der Waals surface area contributed by atoms with Gasteiger partial charge in [-0.15, -0.1) is 11.3 Å². The molecule has 0 aliphatic carbocycles. The van der Waals surface area contributed by atoms with Gasteiger partial charge in [0.1, 0.15) is 0 Å². The molecule has 0 atom stereocenters. The first-order valence-electron chi connectivity index (χ1n) is 6.86. The van der Waals surface area contributed by atoms with Gasteiger partial charge in [0.15, 0.2) is 0 Å². The van der Waals surface area contributed by atoms with Crippen molar-refractivity contribution in [1.82, 2.24) is 10.0 Å². The van der Waals surface area contributed by atoms with Gasteiger partial charge in [-0.05, 0) is 43.3 Å². The minimum Gasteiger partial charge on any atom is -0.313 e. The molecule has 0 saturated heterocycles. The van der Waals surface area contributed by atoms with Crippen molar-refractivity contribution in [2.75, 3.05) is 6.54 Å². The van der Waals surface area contributed by atoms with Crippen LogP contribution in [0.1, 0.15) is 22.2 Å². The first-order chi connectivity index (χ1) is 10.0. The third kappa shape index (κ3) is 4.64. The Hall–Kier alpha value is -1.21. The molecule has 0 fully saturated rings. The molecule has 0 amide bonds. The van der Waals surface area contributed by atoms with Crippen LogP contribution in [-0.4, -0.2) is 15.0 Å². The summed E-state index contributed by atoms with van der Waals surface area (Å²) in [6.45, 7) is 6.02. The number of thiophene rings is 1. The molecule has 4 nitrogen and oxygen atoms in total. The van der Waals surface area contributed by atoms with Crippen molar-refractivity contribution >= 4 is 21.4 Å². The second kappa shape index (κ2) is 7.17. The van der Waals surface area contributed by atoms with Gasteiger partial charge in [-0.25, -0.2) is 13.1 Å². The number of sulfonamides is 1. The highest BCUT2D eigenvalue weighted by atomic mass is 32.2. The molecule has 1 heterocycles. The largest absolute Gasteiger partial charge is 0.313 e. The summed E-state index contributed by atoms with van der Waals surface area (Å²) in [7, 11) is -3.45. The molecule has 2 N–H and O–H groups in total. The van der Waals surface area contributed by atoms with E-state index in [-0.39, 0.29) is 0 Å². The highest BCUT2D eigenvalue weighted by Gasteiger charge is 2.13. The van der Waals surface area contributed by atoms with E-state index >= 15 is 0 Å². The Morgan fingerprint density at radius 3 is 2.33 bits per heavy atom. The van der Waals surface area contributed by atoms with Gasteiger partial charge >= 0.3 is 0 Å². The van der Waals surface area contributed by atoms with Crippen LogP contribution in [0.2, 0.25) is 0 Å². The fourth-order valence-corrected chi connectivity index (χ4v) is 3.81. The fourth-order valence-electron chi connectivity index (χ4n) is 1.89. The summed E-state index contributed by atoms with van der Waals surface area (Å²) in [5.41, 5.74) is 1.07. The zero-order valence-electron chi connectivity index (χ0n) is 12.2. The Bertz CT molecular complexity index is 676. The second-order valence-corrected chi connectivity index (χ2v) is 7.90. The first-order valence-corrected chi connectivity index (χ1v) is 9.16. The summed E-state index contributed by atoms with van der Waals surface area (Å²) in [4.78, 5) is 2.49. The number of rotatable bonds is 7. The van der Waals surface area contributed by atoms with Gasteiger partial charge in [0.05, 0.1) is 4.90 Å². The lowest BCUT2D eigenvalue weighted by molar-refractivity contribution is 0.581. The molecule has 0 unspecified atom stereocenters. The van der Waals surface area contributed by atoms with E-state index in [9.17, 15) is 8.42 Å². The maximum atomic E-state index is 12.2. The smallest absolute Gasteiger partial charge is 0.240 e. The zero-order chi connectivity index (χ0) is 15.3. The Balaban J connectivity index is 2.01. The molecular weight excluding hydrogens is 304 g/mol. The molecule has 6 heteroatoms. The van der Waals surface area contributed by atoms with Crippen LogP contribution in [0.3, 0.4) is 0 Å². The van der Waals surface area contributed by atoms with Gasteiger partial charge < -0.3 is 5.32 Å². The monoisotopic (exact) mass is 324 g/mol. The van der Waals surface area contributed by atoms with Gasteiger partial charge in [0.25, 0.3) is 0 Å². The van der Waals surface area contributed by atoms with Crippen LogP contribution in [0.15, 0.2) is 41.3 Å². The molecule has 2 aromatic rings. The van der Waals surface area contributed by atoms with Crippen LogP contribution < -0.4 is 10.0 Å².